The number of carbonyl (C=O) groups is 1. The van der Waals surface area contributed by atoms with Gasteiger partial charge in [0.1, 0.15) is 5.82 Å². The molecule has 0 fully saturated rings. The molecule has 1 heterocycles. The van der Waals surface area contributed by atoms with Crippen LogP contribution in [0, 0.1) is 13.8 Å². The summed E-state index contributed by atoms with van der Waals surface area (Å²) in [5, 5.41) is 5.16. The Kier molecular flexibility index (Phi) is 4.32. The summed E-state index contributed by atoms with van der Waals surface area (Å²) in [5.41, 5.74) is 6.45. The number of H-pyrrole nitrogens is 1. The maximum Gasteiger partial charge on any atom is 0.256 e. The summed E-state index contributed by atoms with van der Waals surface area (Å²) < 4.78 is 0. The highest BCUT2D eigenvalue weighted by Crippen LogP contribution is 2.27. The first kappa shape index (κ1) is 18.1. The molecule has 0 saturated carbocycles. The lowest BCUT2D eigenvalue weighted by Gasteiger charge is -2.12. The van der Waals surface area contributed by atoms with Gasteiger partial charge >= 0.3 is 0 Å². The zero-order chi connectivity index (χ0) is 20.7. The van der Waals surface area contributed by atoms with E-state index in [1.165, 1.54) is 0 Å². The van der Waals surface area contributed by atoms with E-state index in [0.29, 0.717) is 5.56 Å². The highest BCUT2D eigenvalue weighted by molar-refractivity contribution is 6.13. The molecule has 0 radical (unpaired) electrons. The maximum atomic E-state index is 13.1. The summed E-state index contributed by atoms with van der Waals surface area (Å²) in [4.78, 5) is 21.2. The normalized spacial score (nSPS) is 11.1. The average molecular weight is 391 g/mol. The summed E-state index contributed by atoms with van der Waals surface area (Å²) in [6, 6.07) is 25.8. The fourth-order valence-electron chi connectivity index (χ4n) is 3.83. The molecule has 0 spiro atoms. The third kappa shape index (κ3) is 3.12. The molecule has 0 aliphatic heterocycles. The lowest BCUT2D eigenvalue weighted by molar-refractivity contribution is 0.102. The molecular weight excluding hydrogens is 370 g/mol. The second-order valence-corrected chi connectivity index (χ2v) is 7.56. The van der Waals surface area contributed by atoms with Gasteiger partial charge in [0.15, 0.2) is 0 Å². The molecule has 0 aliphatic rings. The van der Waals surface area contributed by atoms with E-state index in [9.17, 15) is 4.79 Å². The first-order valence-electron chi connectivity index (χ1n) is 9.95. The van der Waals surface area contributed by atoms with Crippen molar-refractivity contribution in [1.82, 2.24) is 9.97 Å². The number of nitrogens with zero attached hydrogens (tertiary/aromatic N) is 1. The predicted octanol–water partition coefficient (Wildman–Crippen LogP) is 6.25. The van der Waals surface area contributed by atoms with Crippen LogP contribution in [-0.2, 0) is 0 Å². The predicted molar refractivity (Wildman–Crippen MR) is 123 cm³/mol. The van der Waals surface area contributed by atoms with Crippen molar-refractivity contribution < 1.29 is 4.79 Å². The van der Waals surface area contributed by atoms with Crippen LogP contribution in [0.5, 0.6) is 0 Å². The van der Waals surface area contributed by atoms with E-state index >= 15 is 0 Å². The molecule has 0 unspecified atom stereocenters. The molecule has 1 amide bonds. The lowest BCUT2D eigenvalue weighted by atomic mass is 9.99. The van der Waals surface area contributed by atoms with Crippen LogP contribution in [0.25, 0.3) is 33.2 Å². The van der Waals surface area contributed by atoms with Crippen molar-refractivity contribution in [2.45, 2.75) is 13.8 Å². The summed E-state index contributed by atoms with van der Waals surface area (Å²) in [6.45, 7) is 4.05. The van der Waals surface area contributed by atoms with E-state index in [1.54, 1.807) is 0 Å². The molecule has 5 rings (SSSR count). The monoisotopic (exact) mass is 391 g/mol. The Morgan fingerprint density at radius 2 is 1.57 bits per heavy atom. The fourth-order valence-corrected chi connectivity index (χ4v) is 3.83. The van der Waals surface area contributed by atoms with Crippen LogP contribution in [0.1, 0.15) is 21.5 Å². The minimum atomic E-state index is -0.115. The number of rotatable bonds is 3. The Bertz CT molecular complexity index is 1380. The van der Waals surface area contributed by atoms with Gasteiger partial charge in [0.25, 0.3) is 5.91 Å². The van der Waals surface area contributed by atoms with Crippen LogP contribution in [-0.4, -0.2) is 15.9 Å². The third-order valence-corrected chi connectivity index (χ3v) is 5.54. The average Bonchev–Trinajstić information content (AvgIpc) is 3.20. The second-order valence-electron chi connectivity index (χ2n) is 7.56. The molecule has 1 aromatic heterocycles. The molecule has 0 bridgehead atoms. The van der Waals surface area contributed by atoms with Crippen molar-refractivity contribution in [3.05, 3.63) is 95.6 Å². The molecule has 4 nitrogen and oxygen atoms in total. The number of aryl methyl sites for hydroxylation is 2. The highest BCUT2D eigenvalue weighted by Gasteiger charge is 2.14. The molecule has 0 aliphatic carbocycles. The zero-order valence-corrected chi connectivity index (χ0v) is 16.9. The van der Waals surface area contributed by atoms with E-state index in [0.717, 1.165) is 50.0 Å². The van der Waals surface area contributed by atoms with Gasteiger partial charge in [-0.05, 0) is 60.0 Å². The minimum absolute atomic E-state index is 0.115. The lowest BCUT2D eigenvalue weighted by Crippen LogP contribution is -2.13. The molecule has 5 aromatic rings. The van der Waals surface area contributed by atoms with Crippen LogP contribution in [0.15, 0.2) is 78.9 Å². The number of amides is 1. The number of anilines is 1. The van der Waals surface area contributed by atoms with Gasteiger partial charge < -0.3 is 10.3 Å². The van der Waals surface area contributed by atoms with Crippen molar-refractivity contribution >= 4 is 33.4 Å². The summed E-state index contributed by atoms with van der Waals surface area (Å²) in [7, 11) is 0. The van der Waals surface area contributed by atoms with Crippen molar-refractivity contribution in [1.29, 1.82) is 0 Å². The SMILES string of the molecule is Cc1ccc(-c2nc3ccccc3[nH]2)cc1NC(=O)c1ccc(C)c2ccccc12. The first-order valence-corrected chi connectivity index (χ1v) is 9.95. The molecule has 2 N–H and O–H groups in total. The number of hydrogen-bond donors (Lipinski definition) is 2. The van der Waals surface area contributed by atoms with E-state index in [4.69, 9.17) is 0 Å². The number of imidazole rings is 1. The standard InChI is InChI=1S/C26H21N3O/c1-16-12-14-21(20-8-4-3-7-19(16)20)26(30)29-24-15-18(13-11-17(24)2)25-27-22-9-5-6-10-23(22)28-25/h3-15H,1-2H3,(H,27,28)(H,29,30). The molecule has 0 atom stereocenters. The maximum absolute atomic E-state index is 13.1. The van der Waals surface area contributed by atoms with Gasteiger partial charge in [0.05, 0.1) is 11.0 Å². The molecule has 146 valence electrons. The van der Waals surface area contributed by atoms with E-state index in [2.05, 4.69) is 28.3 Å². The Labute approximate surface area is 174 Å². The molecule has 30 heavy (non-hydrogen) atoms. The van der Waals surface area contributed by atoms with Crippen LogP contribution >= 0.6 is 0 Å². The molecule has 4 heteroatoms. The van der Waals surface area contributed by atoms with Crippen LogP contribution in [0.4, 0.5) is 5.69 Å². The third-order valence-electron chi connectivity index (χ3n) is 5.54. The van der Waals surface area contributed by atoms with E-state index in [1.807, 2.05) is 79.7 Å². The topological polar surface area (TPSA) is 57.8 Å². The van der Waals surface area contributed by atoms with Crippen LogP contribution in [0.2, 0.25) is 0 Å². The second kappa shape index (κ2) is 7.16. The Balaban J connectivity index is 1.51. The quantitative estimate of drug-likeness (QED) is 0.382. The number of fused-ring (bicyclic) bond motifs is 2. The molecular formula is C26H21N3O. The highest BCUT2D eigenvalue weighted by atomic mass is 16.1. The van der Waals surface area contributed by atoms with Crippen LogP contribution < -0.4 is 5.32 Å². The molecule has 0 saturated heterocycles. The number of aromatic nitrogens is 2. The number of nitrogens with one attached hydrogen (secondary N) is 2. The number of carbonyl (C=O) groups excluding carboxylic acids is 1. The van der Waals surface area contributed by atoms with E-state index in [-0.39, 0.29) is 5.91 Å². The van der Waals surface area contributed by atoms with Crippen molar-refractivity contribution in [3.63, 3.8) is 0 Å². The van der Waals surface area contributed by atoms with E-state index < -0.39 is 0 Å². The fraction of sp³-hybridized carbons (Fsp3) is 0.0769. The largest absolute Gasteiger partial charge is 0.338 e. The molecule has 4 aromatic carbocycles. The Morgan fingerprint density at radius 3 is 2.40 bits per heavy atom. The summed E-state index contributed by atoms with van der Waals surface area (Å²) >= 11 is 0. The minimum Gasteiger partial charge on any atom is -0.338 e. The zero-order valence-electron chi connectivity index (χ0n) is 16.9. The Hall–Kier alpha value is -3.92. The Morgan fingerprint density at radius 1 is 0.833 bits per heavy atom. The summed E-state index contributed by atoms with van der Waals surface area (Å²) in [5.74, 6) is 0.670. The number of aromatic amines is 1. The van der Waals surface area contributed by atoms with Gasteiger partial charge in [0, 0.05) is 16.8 Å². The number of para-hydroxylation sites is 2. The first-order chi connectivity index (χ1) is 14.6. The van der Waals surface area contributed by atoms with Crippen LogP contribution in [0.3, 0.4) is 0 Å². The smallest absolute Gasteiger partial charge is 0.256 e. The van der Waals surface area contributed by atoms with Gasteiger partial charge in [0.2, 0.25) is 0 Å². The van der Waals surface area contributed by atoms with Crippen molar-refractivity contribution in [2.24, 2.45) is 0 Å². The van der Waals surface area contributed by atoms with Gasteiger partial charge in [-0.3, -0.25) is 4.79 Å². The number of hydrogen-bond acceptors (Lipinski definition) is 2. The van der Waals surface area contributed by atoms with Gasteiger partial charge in [-0.15, -0.1) is 0 Å². The van der Waals surface area contributed by atoms with Gasteiger partial charge in [-0.1, -0.05) is 54.6 Å². The van der Waals surface area contributed by atoms with Gasteiger partial charge in [-0.2, -0.15) is 0 Å². The number of benzene rings is 4. The van der Waals surface area contributed by atoms with Crippen molar-refractivity contribution in [2.75, 3.05) is 5.32 Å². The summed E-state index contributed by atoms with van der Waals surface area (Å²) in [6.07, 6.45) is 0. The van der Waals surface area contributed by atoms with Crippen molar-refractivity contribution in [3.8, 4) is 11.4 Å². The van der Waals surface area contributed by atoms with Gasteiger partial charge in [-0.25, -0.2) is 4.98 Å².